The third kappa shape index (κ3) is 3.41. The van der Waals surface area contributed by atoms with Crippen molar-refractivity contribution in [3.8, 4) is 22.6 Å². The van der Waals surface area contributed by atoms with Gasteiger partial charge in [0.25, 0.3) is 0 Å². The van der Waals surface area contributed by atoms with E-state index in [4.69, 9.17) is 9.47 Å². The van der Waals surface area contributed by atoms with Crippen LogP contribution in [0.2, 0.25) is 0 Å². The van der Waals surface area contributed by atoms with Gasteiger partial charge in [-0.3, -0.25) is 0 Å². The number of esters is 1. The van der Waals surface area contributed by atoms with E-state index in [0.29, 0.717) is 13.2 Å². The van der Waals surface area contributed by atoms with E-state index in [0.717, 1.165) is 40.4 Å². The Morgan fingerprint density at radius 2 is 1.59 bits per heavy atom. The van der Waals surface area contributed by atoms with E-state index in [2.05, 4.69) is 29.0 Å². The molecular formula is C28H30O4. The molecule has 0 aromatic heterocycles. The van der Waals surface area contributed by atoms with Crippen molar-refractivity contribution in [2.24, 2.45) is 17.8 Å². The minimum Gasteiger partial charge on any atom is -0.486 e. The Balaban J connectivity index is 1.39. The van der Waals surface area contributed by atoms with Gasteiger partial charge >= 0.3 is 5.97 Å². The minimum absolute atomic E-state index is 0.249. The largest absolute Gasteiger partial charge is 0.486 e. The average molecular weight is 431 g/mol. The molecule has 7 rings (SSSR count). The normalized spacial score (nSPS) is 30.0. The molecular weight excluding hydrogens is 400 g/mol. The first-order valence-electron chi connectivity index (χ1n) is 11.9. The minimum atomic E-state index is -0.346. The molecule has 4 nitrogen and oxygen atoms in total. The summed E-state index contributed by atoms with van der Waals surface area (Å²) >= 11 is 0. The van der Waals surface area contributed by atoms with E-state index in [1.54, 1.807) is 6.08 Å². The molecule has 4 bridgehead atoms. The maximum Gasteiger partial charge on any atom is 0.330 e. The maximum atomic E-state index is 11.4. The lowest BCUT2D eigenvalue weighted by Crippen LogP contribution is -2.48. The highest BCUT2D eigenvalue weighted by atomic mass is 16.6. The van der Waals surface area contributed by atoms with Crippen molar-refractivity contribution in [1.82, 2.24) is 0 Å². The molecule has 2 aromatic carbocycles. The molecule has 0 unspecified atom stereocenters. The number of fused-ring (bicyclic) bond motifs is 1. The van der Waals surface area contributed by atoms with Crippen LogP contribution in [0.4, 0.5) is 0 Å². The highest BCUT2D eigenvalue weighted by Crippen LogP contribution is 2.63. The fraction of sp³-hybridized carbons (Fsp3) is 0.464. The van der Waals surface area contributed by atoms with Crippen molar-refractivity contribution in [1.29, 1.82) is 0 Å². The van der Waals surface area contributed by atoms with E-state index in [1.165, 1.54) is 62.8 Å². The van der Waals surface area contributed by atoms with Crippen LogP contribution in [0.3, 0.4) is 0 Å². The molecule has 4 fully saturated rings. The van der Waals surface area contributed by atoms with Crippen LogP contribution in [0.5, 0.6) is 11.5 Å². The second-order valence-corrected chi connectivity index (χ2v) is 10.2. The van der Waals surface area contributed by atoms with Crippen LogP contribution in [0.25, 0.3) is 17.2 Å². The highest BCUT2D eigenvalue weighted by Gasteiger charge is 2.53. The van der Waals surface area contributed by atoms with Gasteiger partial charge < -0.3 is 14.2 Å². The van der Waals surface area contributed by atoms with Crippen LogP contribution in [0.15, 0.2) is 42.5 Å². The zero-order chi connectivity index (χ0) is 21.7. The van der Waals surface area contributed by atoms with Crippen molar-refractivity contribution in [3.63, 3.8) is 0 Å². The summed E-state index contributed by atoms with van der Waals surface area (Å²) in [5.74, 6) is 4.19. The van der Waals surface area contributed by atoms with Gasteiger partial charge in [0.05, 0.1) is 7.11 Å². The second-order valence-electron chi connectivity index (χ2n) is 10.2. The number of hydrogen-bond donors (Lipinski definition) is 0. The molecule has 166 valence electrons. The SMILES string of the molecule is COC(=O)C=Cc1ccc(-c2cc3c(c(C45CC6CC(CC(C6)C4)C5)c2)OCCO3)cc1. The zero-order valence-electron chi connectivity index (χ0n) is 18.6. The summed E-state index contributed by atoms with van der Waals surface area (Å²) in [4.78, 5) is 11.4. The Morgan fingerprint density at radius 3 is 2.25 bits per heavy atom. The smallest absolute Gasteiger partial charge is 0.330 e. The fourth-order valence-electron chi connectivity index (χ4n) is 7.17. The Labute approximate surface area is 189 Å². The zero-order valence-corrected chi connectivity index (χ0v) is 18.6. The van der Waals surface area contributed by atoms with E-state index in [-0.39, 0.29) is 11.4 Å². The topological polar surface area (TPSA) is 44.8 Å². The summed E-state index contributed by atoms with van der Waals surface area (Å²) in [6.07, 6.45) is 11.4. The van der Waals surface area contributed by atoms with Gasteiger partial charge in [-0.05, 0) is 96.6 Å². The molecule has 0 spiro atoms. The van der Waals surface area contributed by atoms with Crippen molar-refractivity contribution < 1.29 is 19.0 Å². The number of hydrogen-bond acceptors (Lipinski definition) is 4. The quantitative estimate of drug-likeness (QED) is 0.456. The number of rotatable bonds is 4. The summed E-state index contributed by atoms with van der Waals surface area (Å²) < 4.78 is 17.0. The summed E-state index contributed by atoms with van der Waals surface area (Å²) in [6.45, 7) is 1.24. The van der Waals surface area contributed by atoms with Gasteiger partial charge in [-0.2, -0.15) is 0 Å². The highest BCUT2D eigenvalue weighted by molar-refractivity contribution is 5.87. The van der Waals surface area contributed by atoms with Gasteiger partial charge in [-0.25, -0.2) is 4.79 Å². The van der Waals surface area contributed by atoms with Gasteiger partial charge in [-0.1, -0.05) is 24.3 Å². The molecule has 0 atom stereocenters. The van der Waals surface area contributed by atoms with Crippen LogP contribution in [-0.2, 0) is 14.9 Å². The first-order valence-corrected chi connectivity index (χ1v) is 11.9. The first-order chi connectivity index (χ1) is 15.6. The van der Waals surface area contributed by atoms with E-state index in [1.807, 2.05) is 12.1 Å². The summed E-state index contributed by atoms with van der Waals surface area (Å²) in [7, 11) is 1.39. The van der Waals surface area contributed by atoms with E-state index in [9.17, 15) is 4.79 Å². The molecule has 0 N–H and O–H groups in total. The lowest BCUT2D eigenvalue weighted by atomic mass is 9.48. The number of ether oxygens (including phenoxy) is 3. The summed E-state index contributed by atoms with van der Waals surface area (Å²) in [5.41, 5.74) is 4.95. The predicted molar refractivity (Wildman–Crippen MR) is 124 cm³/mol. The average Bonchev–Trinajstić information content (AvgIpc) is 2.81. The van der Waals surface area contributed by atoms with Crippen molar-refractivity contribution >= 4 is 12.0 Å². The molecule has 4 saturated carbocycles. The molecule has 0 saturated heterocycles. The Morgan fingerprint density at radius 1 is 0.938 bits per heavy atom. The van der Waals surface area contributed by atoms with Crippen LogP contribution in [0, 0.1) is 17.8 Å². The fourth-order valence-corrected chi connectivity index (χ4v) is 7.17. The molecule has 4 aliphatic carbocycles. The molecule has 5 aliphatic rings. The van der Waals surface area contributed by atoms with Crippen molar-refractivity contribution in [2.45, 2.75) is 43.9 Å². The standard InChI is InChI=1S/C28H30O4/c1-30-26(29)7-4-18-2-5-22(6-3-18)23-13-24(27-25(14-23)31-8-9-32-27)28-15-19-10-20(16-28)12-21(11-19)17-28/h2-7,13-14,19-21H,8-12,15-17H2,1H3. The molecule has 0 amide bonds. The third-order valence-electron chi connectivity index (χ3n) is 8.11. The number of carbonyl (C=O) groups is 1. The third-order valence-corrected chi connectivity index (χ3v) is 8.11. The number of benzene rings is 2. The van der Waals surface area contributed by atoms with Crippen LogP contribution < -0.4 is 9.47 Å². The Hall–Kier alpha value is -2.75. The Bertz CT molecular complexity index is 1030. The maximum absolute atomic E-state index is 11.4. The molecule has 0 radical (unpaired) electrons. The number of carbonyl (C=O) groups excluding carboxylic acids is 1. The molecule has 32 heavy (non-hydrogen) atoms. The lowest BCUT2D eigenvalue weighted by molar-refractivity contribution is -0.134. The molecule has 2 aromatic rings. The van der Waals surface area contributed by atoms with Gasteiger partial charge in [0, 0.05) is 11.6 Å². The molecule has 1 heterocycles. The van der Waals surface area contributed by atoms with Gasteiger partial charge in [0.15, 0.2) is 11.5 Å². The van der Waals surface area contributed by atoms with Crippen molar-refractivity contribution in [3.05, 3.63) is 53.6 Å². The number of methoxy groups -OCH3 is 1. The van der Waals surface area contributed by atoms with Crippen LogP contribution in [-0.4, -0.2) is 26.3 Å². The molecule has 1 aliphatic heterocycles. The monoisotopic (exact) mass is 430 g/mol. The van der Waals surface area contributed by atoms with Gasteiger partial charge in [-0.15, -0.1) is 0 Å². The molecule has 4 heteroatoms. The predicted octanol–water partition coefficient (Wildman–Crippen LogP) is 5.78. The van der Waals surface area contributed by atoms with Crippen LogP contribution in [0.1, 0.15) is 49.7 Å². The lowest BCUT2D eigenvalue weighted by Gasteiger charge is -2.57. The van der Waals surface area contributed by atoms with Gasteiger partial charge in [0.1, 0.15) is 13.2 Å². The summed E-state index contributed by atoms with van der Waals surface area (Å²) in [6, 6.07) is 12.8. The Kier molecular flexibility index (Phi) is 4.78. The first kappa shape index (κ1) is 19.9. The van der Waals surface area contributed by atoms with E-state index < -0.39 is 0 Å². The van der Waals surface area contributed by atoms with Crippen LogP contribution >= 0.6 is 0 Å². The van der Waals surface area contributed by atoms with Gasteiger partial charge in [0.2, 0.25) is 0 Å². The summed E-state index contributed by atoms with van der Waals surface area (Å²) in [5, 5.41) is 0. The van der Waals surface area contributed by atoms with Crippen molar-refractivity contribution in [2.75, 3.05) is 20.3 Å². The van der Waals surface area contributed by atoms with E-state index >= 15 is 0 Å². The second kappa shape index (κ2) is 7.68.